The minimum absolute atomic E-state index is 0.390. The van der Waals surface area contributed by atoms with Gasteiger partial charge in [0.25, 0.3) is 0 Å². The average molecular weight is 232 g/mol. The lowest BCUT2D eigenvalue weighted by atomic mass is 10.2. The lowest BCUT2D eigenvalue weighted by Gasteiger charge is -2.16. The molecule has 0 bridgehead atoms. The molecule has 85 valence electrons. The molecule has 0 unspecified atom stereocenters. The monoisotopic (exact) mass is 232 g/mol. The molecule has 2 nitrogen and oxygen atoms in total. The first-order valence-corrected chi connectivity index (χ1v) is 4.90. The quantitative estimate of drug-likeness (QED) is 0.744. The predicted molar refractivity (Wildman–Crippen MR) is 60.6 cm³/mol. The fourth-order valence-electron chi connectivity index (χ4n) is 1.43. The second-order valence-corrected chi connectivity index (χ2v) is 3.38. The minimum Gasteiger partial charge on any atom is -0.273 e. The van der Waals surface area contributed by atoms with Crippen LogP contribution in [0.4, 0.5) is 20.2 Å². The molecule has 0 atom stereocenters. The van der Waals surface area contributed by atoms with Crippen LogP contribution in [0.2, 0.25) is 0 Å². The van der Waals surface area contributed by atoms with Gasteiger partial charge in [-0.25, -0.2) is 8.78 Å². The molecule has 2 rings (SSSR count). The number of rotatable bonds is 3. The number of anilines is 2. The van der Waals surface area contributed by atoms with Crippen molar-refractivity contribution in [1.29, 1.82) is 0 Å². The van der Waals surface area contributed by atoms with E-state index in [1.54, 1.807) is 6.41 Å². The molecule has 2 aromatic rings. The van der Waals surface area contributed by atoms with Gasteiger partial charge < -0.3 is 0 Å². The van der Waals surface area contributed by atoms with Crippen LogP contribution in [-0.2, 0) is 4.79 Å². The highest BCUT2D eigenvalue weighted by atomic mass is 19.1. The summed E-state index contributed by atoms with van der Waals surface area (Å²) in [4.78, 5) is 12.1. The molecule has 0 spiro atoms. The van der Waals surface area contributed by atoms with Gasteiger partial charge >= 0.3 is 6.41 Å². The third kappa shape index (κ3) is 2.47. The van der Waals surface area contributed by atoms with Crippen molar-refractivity contribution < 1.29 is 13.6 Å². The average Bonchev–Trinajstić information content (AvgIpc) is 2.35. The first-order chi connectivity index (χ1) is 8.20. The van der Waals surface area contributed by atoms with E-state index in [1.807, 2.05) is 0 Å². The number of hydrogen-bond acceptors (Lipinski definition) is 1. The van der Waals surface area contributed by atoms with Gasteiger partial charge in [-0.2, -0.15) is 0 Å². The summed E-state index contributed by atoms with van der Waals surface area (Å²) in [5.41, 5.74) is 0.931. The summed E-state index contributed by atoms with van der Waals surface area (Å²) in [6.45, 7) is 0. The zero-order valence-electron chi connectivity index (χ0n) is 8.73. The van der Waals surface area contributed by atoms with E-state index in [0.717, 1.165) is 0 Å². The smallest absolute Gasteiger partial charge is 0.273 e. The number of benzene rings is 2. The molecule has 0 saturated heterocycles. The lowest BCUT2D eigenvalue weighted by Crippen LogP contribution is -2.13. The summed E-state index contributed by atoms with van der Waals surface area (Å²) in [5.74, 6) is -0.780. The molecular weight excluding hydrogens is 224 g/mol. The van der Waals surface area contributed by atoms with Gasteiger partial charge in [0.15, 0.2) is 0 Å². The molecule has 4 heteroatoms. The highest BCUT2D eigenvalue weighted by molar-refractivity contribution is 5.86. The number of hydrogen-bond donors (Lipinski definition) is 0. The van der Waals surface area contributed by atoms with Crippen LogP contribution >= 0.6 is 0 Å². The van der Waals surface area contributed by atoms with Gasteiger partial charge in [-0.1, -0.05) is 0 Å². The van der Waals surface area contributed by atoms with E-state index in [4.69, 9.17) is 0 Å². The van der Waals surface area contributed by atoms with Crippen molar-refractivity contribution in [2.24, 2.45) is 0 Å². The molecule has 0 aliphatic rings. The summed E-state index contributed by atoms with van der Waals surface area (Å²) < 4.78 is 25.5. The maximum atomic E-state index is 12.7. The Balaban J connectivity index is 2.36. The number of nitrogens with zero attached hydrogens (tertiary/aromatic N) is 1. The molecule has 0 heterocycles. The second kappa shape index (κ2) is 4.74. The molecule has 0 aliphatic heterocycles. The predicted octanol–water partition coefficient (Wildman–Crippen LogP) is 3.17. The van der Waals surface area contributed by atoms with Gasteiger partial charge in [-0.05, 0) is 48.5 Å². The van der Waals surface area contributed by atoms with Crippen LogP contribution in [0.3, 0.4) is 0 Å². The van der Waals surface area contributed by atoms with E-state index in [2.05, 4.69) is 0 Å². The van der Waals surface area contributed by atoms with Crippen molar-refractivity contribution in [3.05, 3.63) is 60.2 Å². The van der Waals surface area contributed by atoms with E-state index < -0.39 is 11.6 Å². The maximum Gasteiger partial charge on any atom is 0.321 e. The number of halogens is 2. The molecule has 0 N–H and O–H groups in total. The zero-order valence-corrected chi connectivity index (χ0v) is 8.73. The van der Waals surface area contributed by atoms with Crippen LogP contribution in [0.25, 0.3) is 0 Å². The topological polar surface area (TPSA) is 20.3 Å². The van der Waals surface area contributed by atoms with Crippen LogP contribution in [0.15, 0.2) is 48.5 Å². The van der Waals surface area contributed by atoms with Crippen molar-refractivity contribution in [1.82, 2.24) is 0 Å². The van der Waals surface area contributed by atoms with Gasteiger partial charge in [-0.15, -0.1) is 0 Å². The van der Waals surface area contributed by atoms with E-state index in [-0.39, 0.29) is 0 Å². The van der Waals surface area contributed by atoms with Crippen molar-refractivity contribution in [2.75, 3.05) is 4.90 Å². The maximum absolute atomic E-state index is 12.7. The van der Waals surface area contributed by atoms with Gasteiger partial charge in [0.1, 0.15) is 11.6 Å². The Kier molecular flexibility index (Phi) is 3.14. The van der Waals surface area contributed by atoms with Crippen LogP contribution in [0.5, 0.6) is 0 Å². The Morgan fingerprint density at radius 3 is 1.41 bits per heavy atom. The number of amides is 1. The SMILES string of the molecule is O=[C]N(c1ccc(F)cc1)c1ccc(F)cc1. The van der Waals surface area contributed by atoms with E-state index in [0.29, 0.717) is 11.4 Å². The van der Waals surface area contributed by atoms with Gasteiger partial charge in [0, 0.05) is 11.4 Å². The Bertz CT molecular complexity index is 462. The standard InChI is InChI=1S/C13H8F2NO/c14-10-1-5-12(6-2-10)16(9-17)13-7-3-11(15)4-8-13/h1-8H. The minimum atomic E-state index is -0.390. The van der Waals surface area contributed by atoms with Crippen molar-refractivity contribution in [2.45, 2.75) is 0 Å². The summed E-state index contributed by atoms with van der Waals surface area (Å²) in [5, 5.41) is 0. The molecule has 0 aromatic heterocycles. The third-order valence-corrected chi connectivity index (χ3v) is 2.26. The first kappa shape index (κ1) is 11.3. The first-order valence-electron chi connectivity index (χ1n) is 4.90. The largest absolute Gasteiger partial charge is 0.321 e. The fourth-order valence-corrected chi connectivity index (χ4v) is 1.43. The molecule has 1 amide bonds. The number of carbonyl (C=O) groups excluding carboxylic acids is 1. The van der Waals surface area contributed by atoms with Gasteiger partial charge in [-0.3, -0.25) is 9.69 Å². The Morgan fingerprint density at radius 2 is 1.12 bits per heavy atom. The van der Waals surface area contributed by atoms with Crippen LogP contribution < -0.4 is 4.90 Å². The summed E-state index contributed by atoms with van der Waals surface area (Å²) in [6.07, 6.45) is 1.71. The van der Waals surface area contributed by atoms with Gasteiger partial charge in [0.2, 0.25) is 0 Å². The lowest BCUT2D eigenvalue weighted by molar-refractivity contribution is 0.556. The molecule has 1 radical (unpaired) electrons. The Labute approximate surface area is 97.1 Å². The molecular formula is C13H8F2NO. The van der Waals surface area contributed by atoms with E-state index in [9.17, 15) is 13.6 Å². The van der Waals surface area contributed by atoms with Crippen LogP contribution in [-0.4, -0.2) is 6.41 Å². The Hall–Kier alpha value is -2.23. The van der Waals surface area contributed by atoms with E-state index in [1.165, 1.54) is 53.4 Å². The highest BCUT2D eigenvalue weighted by Gasteiger charge is 2.09. The van der Waals surface area contributed by atoms with Crippen molar-refractivity contribution in [3.8, 4) is 0 Å². The van der Waals surface area contributed by atoms with Gasteiger partial charge in [0.05, 0.1) is 0 Å². The Morgan fingerprint density at radius 1 is 0.765 bits per heavy atom. The normalized spacial score (nSPS) is 10.0. The molecule has 0 aliphatic carbocycles. The molecule has 2 aromatic carbocycles. The van der Waals surface area contributed by atoms with Crippen LogP contribution in [0, 0.1) is 11.6 Å². The van der Waals surface area contributed by atoms with Crippen molar-refractivity contribution in [3.63, 3.8) is 0 Å². The second-order valence-electron chi connectivity index (χ2n) is 3.38. The molecule has 17 heavy (non-hydrogen) atoms. The van der Waals surface area contributed by atoms with Crippen LogP contribution in [0.1, 0.15) is 0 Å². The highest BCUT2D eigenvalue weighted by Crippen LogP contribution is 2.23. The molecule has 0 fully saturated rings. The summed E-state index contributed by atoms with van der Waals surface area (Å²) in [6, 6.07) is 10.7. The third-order valence-electron chi connectivity index (χ3n) is 2.26. The van der Waals surface area contributed by atoms with E-state index >= 15 is 0 Å². The summed E-state index contributed by atoms with van der Waals surface area (Å²) in [7, 11) is 0. The fraction of sp³-hybridized carbons (Fsp3) is 0. The summed E-state index contributed by atoms with van der Waals surface area (Å²) >= 11 is 0. The molecule has 0 saturated carbocycles. The van der Waals surface area contributed by atoms with Crippen molar-refractivity contribution >= 4 is 17.8 Å². The zero-order chi connectivity index (χ0) is 12.3.